The van der Waals surface area contributed by atoms with E-state index >= 15 is 0 Å². The highest BCUT2D eigenvalue weighted by atomic mass is 35.5. The normalized spacial score (nSPS) is 25.5. The zero-order chi connectivity index (χ0) is 27.9. The molecule has 10 heteroatoms. The van der Waals surface area contributed by atoms with E-state index in [9.17, 15) is 9.59 Å². The van der Waals surface area contributed by atoms with Gasteiger partial charge in [0.05, 0.1) is 16.1 Å². The highest BCUT2D eigenvalue weighted by molar-refractivity contribution is 6.42. The number of carbonyl (C=O) groups excluding carboxylic acids is 2. The number of halogens is 2. The van der Waals surface area contributed by atoms with E-state index in [1.54, 1.807) is 6.07 Å². The molecule has 0 radical (unpaired) electrons. The summed E-state index contributed by atoms with van der Waals surface area (Å²) in [7, 11) is 0. The fraction of sp³-hybridized carbons (Fsp3) is 0.483. The van der Waals surface area contributed by atoms with Crippen molar-refractivity contribution < 1.29 is 19.5 Å². The predicted octanol–water partition coefficient (Wildman–Crippen LogP) is 3.82. The number of piperidine rings is 1. The van der Waals surface area contributed by atoms with Crippen molar-refractivity contribution in [2.24, 2.45) is 5.73 Å². The maximum Gasteiger partial charge on any atom is 0.290 e. The van der Waals surface area contributed by atoms with Gasteiger partial charge in [0, 0.05) is 38.3 Å². The summed E-state index contributed by atoms with van der Waals surface area (Å²) in [5, 5.41) is 7.87. The van der Waals surface area contributed by atoms with E-state index in [-0.39, 0.29) is 36.4 Å². The smallest absolute Gasteiger partial charge is 0.290 e. The Hall–Kier alpha value is -2.65. The van der Waals surface area contributed by atoms with E-state index in [0.29, 0.717) is 42.5 Å². The van der Waals surface area contributed by atoms with Crippen LogP contribution in [0.5, 0.6) is 0 Å². The Bertz CT molecular complexity index is 1150. The lowest BCUT2D eigenvalue weighted by atomic mass is 10.00. The molecule has 2 aromatic carbocycles. The number of fused-ring (bicyclic) bond motifs is 1. The third-order valence-corrected chi connectivity index (χ3v) is 8.70. The molecule has 3 N–H and O–H groups in total. The fourth-order valence-electron chi connectivity index (χ4n) is 6.12. The van der Waals surface area contributed by atoms with Gasteiger partial charge in [-0.3, -0.25) is 19.3 Å². The number of benzene rings is 2. The van der Waals surface area contributed by atoms with Crippen LogP contribution in [-0.4, -0.2) is 81.9 Å². The average Bonchev–Trinajstić information content (AvgIpc) is 3.27. The van der Waals surface area contributed by atoms with Crippen molar-refractivity contribution in [2.75, 3.05) is 19.6 Å². The lowest BCUT2D eigenvalue weighted by Crippen LogP contribution is -2.56. The van der Waals surface area contributed by atoms with E-state index in [1.807, 2.05) is 28.0 Å². The first kappa shape index (κ1) is 29.3. The highest BCUT2D eigenvalue weighted by Crippen LogP contribution is 2.32. The molecule has 3 heterocycles. The molecule has 0 aromatic heterocycles. The monoisotopic (exact) mass is 574 g/mol. The maximum absolute atomic E-state index is 13.8. The standard InChI is InChI=1S/C28H34Cl2N4O2.CH2O2/c29-23-11-9-20(15-24(23)30)17-32-13-4-7-25(27(32)35)33-14-12-22(10-8-19-5-2-1-3-6-19)34-18-21(31)16-26(34)28(33)36;2-1-3/h1-3,5-6,9,11,15,21-22,25-26H,4,7-8,10,12-14,16-18,31H2;1H,(H,2,3)/t21-,22?,25+,26+;/m1./s1. The number of hydrogen-bond acceptors (Lipinski definition) is 5. The number of likely N-dealkylation sites (tertiary alicyclic amines) is 1. The number of carbonyl (C=O) groups is 3. The Kier molecular flexibility index (Phi) is 10.2. The van der Waals surface area contributed by atoms with Gasteiger partial charge in [0.25, 0.3) is 6.47 Å². The summed E-state index contributed by atoms with van der Waals surface area (Å²) in [4.78, 5) is 41.9. The van der Waals surface area contributed by atoms with Gasteiger partial charge < -0.3 is 20.6 Å². The summed E-state index contributed by atoms with van der Waals surface area (Å²) < 4.78 is 0. The number of aryl methyl sites for hydroxylation is 1. The molecule has 3 saturated heterocycles. The molecular weight excluding hydrogens is 539 g/mol. The van der Waals surface area contributed by atoms with Gasteiger partial charge in [-0.25, -0.2) is 0 Å². The van der Waals surface area contributed by atoms with Crippen molar-refractivity contribution in [3.8, 4) is 0 Å². The molecule has 0 saturated carbocycles. The molecule has 210 valence electrons. The van der Waals surface area contributed by atoms with E-state index < -0.39 is 6.04 Å². The van der Waals surface area contributed by atoms with Crippen LogP contribution in [-0.2, 0) is 27.3 Å². The van der Waals surface area contributed by atoms with Gasteiger partial charge in [0.2, 0.25) is 11.8 Å². The summed E-state index contributed by atoms with van der Waals surface area (Å²) in [5.74, 6) is 0.0946. The van der Waals surface area contributed by atoms with Crippen molar-refractivity contribution in [2.45, 2.75) is 69.2 Å². The molecule has 8 nitrogen and oxygen atoms in total. The number of amides is 2. The van der Waals surface area contributed by atoms with Gasteiger partial charge in [-0.05, 0) is 61.8 Å². The topological polar surface area (TPSA) is 107 Å². The summed E-state index contributed by atoms with van der Waals surface area (Å²) in [6, 6.07) is 15.6. The number of hydrogen-bond donors (Lipinski definition) is 2. The quantitative estimate of drug-likeness (QED) is 0.508. The van der Waals surface area contributed by atoms with Crippen LogP contribution in [0.15, 0.2) is 48.5 Å². The second-order valence-corrected chi connectivity index (χ2v) is 11.3. The first-order valence-corrected chi connectivity index (χ1v) is 14.2. The van der Waals surface area contributed by atoms with Crippen LogP contribution in [0.25, 0.3) is 0 Å². The molecule has 5 rings (SSSR count). The Morgan fingerprint density at radius 2 is 1.69 bits per heavy atom. The van der Waals surface area contributed by atoms with Crippen LogP contribution in [0.1, 0.15) is 43.2 Å². The Morgan fingerprint density at radius 1 is 0.949 bits per heavy atom. The molecule has 0 aliphatic carbocycles. The fourth-order valence-corrected chi connectivity index (χ4v) is 6.44. The van der Waals surface area contributed by atoms with Crippen LogP contribution in [0.2, 0.25) is 10.0 Å². The average molecular weight is 576 g/mol. The molecule has 1 unspecified atom stereocenters. The van der Waals surface area contributed by atoms with Crippen molar-refractivity contribution in [3.05, 3.63) is 69.7 Å². The molecule has 39 heavy (non-hydrogen) atoms. The van der Waals surface area contributed by atoms with Crippen LogP contribution >= 0.6 is 23.2 Å². The zero-order valence-corrected chi connectivity index (χ0v) is 23.4. The van der Waals surface area contributed by atoms with E-state index in [1.165, 1.54) is 5.56 Å². The van der Waals surface area contributed by atoms with Gasteiger partial charge in [0.15, 0.2) is 0 Å². The number of carboxylic acid groups (broad SMARTS) is 1. The largest absolute Gasteiger partial charge is 0.483 e. The van der Waals surface area contributed by atoms with Crippen LogP contribution in [0.3, 0.4) is 0 Å². The van der Waals surface area contributed by atoms with Crippen LogP contribution in [0, 0.1) is 0 Å². The van der Waals surface area contributed by atoms with Gasteiger partial charge in [-0.1, -0.05) is 59.6 Å². The van der Waals surface area contributed by atoms with Crippen LogP contribution < -0.4 is 5.73 Å². The van der Waals surface area contributed by atoms with Gasteiger partial charge >= 0.3 is 0 Å². The second kappa shape index (κ2) is 13.6. The SMILES string of the molecule is N[C@@H]1C[C@H]2C(=O)N([C@H]3CCCN(Cc4ccc(Cl)c(Cl)c4)C3=O)CCC(CCc3ccccc3)N2C1.O=CO. The molecule has 0 bridgehead atoms. The lowest BCUT2D eigenvalue weighted by molar-refractivity contribution is -0.150. The Morgan fingerprint density at radius 3 is 2.41 bits per heavy atom. The predicted molar refractivity (Wildman–Crippen MR) is 152 cm³/mol. The lowest BCUT2D eigenvalue weighted by Gasteiger charge is -2.39. The summed E-state index contributed by atoms with van der Waals surface area (Å²) in [5.41, 5.74) is 8.60. The minimum atomic E-state index is -0.416. The third kappa shape index (κ3) is 7.11. The minimum absolute atomic E-state index is 0.00802. The second-order valence-electron chi connectivity index (χ2n) is 10.5. The van der Waals surface area contributed by atoms with Gasteiger partial charge in [0.1, 0.15) is 6.04 Å². The molecule has 3 fully saturated rings. The molecule has 3 aliphatic rings. The van der Waals surface area contributed by atoms with Gasteiger partial charge in [-0.15, -0.1) is 0 Å². The van der Waals surface area contributed by atoms with Crippen molar-refractivity contribution in [1.82, 2.24) is 14.7 Å². The summed E-state index contributed by atoms with van der Waals surface area (Å²) in [6.45, 7) is 2.25. The number of nitrogens with two attached hydrogens (primary N) is 1. The first-order chi connectivity index (χ1) is 18.8. The number of rotatable bonds is 6. The Labute approximate surface area is 239 Å². The molecular formula is C29H36Cl2N4O4. The zero-order valence-electron chi connectivity index (χ0n) is 21.9. The third-order valence-electron chi connectivity index (χ3n) is 7.96. The highest BCUT2D eigenvalue weighted by Gasteiger charge is 2.46. The molecule has 3 aliphatic heterocycles. The van der Waals surface area contributed by atoms with Crippen molar-refractivity contribution >= 4 is 41.5 Å². The van der Waals surface area contributed by atoms with Crippen molar-refractivity contribution in [3.63, 3.8) is 0 Å². The molecule has 4 atom stereocenters. The summed E-state index contributed by atoms with van der Waals surface area (Å²) in [6.07, 6.45) is 5.04. The van der Waals surface area contributed by atoms with Crippen molar-refractivity contribution in [1.29, 1.82) is 0 Å². The molecule has 0 spiro atoms. The molecule has 2 amide bonds. The van der Waals surface area contributed by atoms with E-state index in [2.05, 4.69) is 29.2 Å². The van der Waals surface area contributed by atoms with Crippen LogP contribution in [0.4, 0.5) is 0 Å². The van der Waals surface area contributed by atoms with E-state index in [4.69, 9.17) is 38.8 Å². The Balaban J connectivity index is 0.00000112. The maximum atomic E-state index is 13.8. The number of nitrogens with zero attached hydrogens (tertiary/aromatic N) is 3. The van der Waals surface area contributed by atoms with E-state index in [0.717, 1.165) is 37.8 Å². The first-order valence-electron chi connectivity index (χ1n) is 13.5. The minimum Gasteiger partial charge on any atom is -0.483 e. The summed E-state index contributed by atoms with van der Waals surface area (Å²) >= 11 is 12.3. The van der Waals surface area contributed by atoms with Gasteiger partial charge in [-0.2, -0.15) is 0 Å². The molecule has 2 aromatic rings.